The van der Waals surface area contributed by atoms with Gasteiger partial charge in [-0.3, -0.25) is 4.79 Å². The lowest BCUT2D eigenvalue weighted by molar-refractivity contribution is -0.142. The van der Waals surface area contributed by atoms with Crippen LogP contribution in [-0.2, 0) is 16.0 Å². The quantitative estimate of drug-likeness (QED) is 0.665. The van der Waals surface area contributed by atoms with Gasteiger partial charge >= 0.3 is 11.6 Å². The highest BCUT2D eigenvalue weighted by molar-refractivity contribution is 5.85. The van der Waals surface area contributed by atoms with Crippen molar-refractivity contribution in [3.63, 3.8) is 0 Å². The molecular weight excluding hydrogens is 338 g/mol. The Hall–Kier alpha value is -2.83. The molecule has 1 amide bonds. The molecule has 1 aromatic carbocycles. The largest absolute Gasteiger partial charge is 0.484 e. The van der Waals surface area contributed by atoms with Crippen molar-refractivity contribution in [1.29, 1.82) is 0 Å². The lowest BCUT2D eigenvalue weighted by Gasteiger charge is -2.14. The van der Waals surface area contributed by atoms with Crippen molar-refractivity contribution in [1.82, 2.24) is 5.32 Å². The molecule has 0 unspecified atom stereocenters. The number of carboxylic acids is 1. The Morgan fingerprint density at radius 3 is 2.69 bits per heavy atom. The number of amides is 1. The summed E-state index contributed by atoms with van der Waals surface area (Å²) in [5.74, 6) is -1.21. The molecule has 2 rings (SSSR count). The fourth-order valence-corrected chi connectivity index (χ4v) is 2.64. The maximum atomic E-state index is 11.9. The van der Waals surface area contributed by atoms with Crippen LogP contribution in [0, 0.1) is 0 Å². The molecule has 7 heteroatoms. The molecule has 1 heterocycles. The van der Waals surface area contributed by atoms with Crippen molar-refractivity contribution in [3.8, 4) is 5.75 Å². The van der Waals surface area contributed by atoms with Gasteiger partial charge in [0, 0.05) is 17.5 Å². The summed E-state index contributed by atoms with van der Waals surface area (Å²) < 4.78 is 10.6. The number of aliphatic carboxylic acids is 1. The second-order valence-corrected chi connectivity index (χ2v) is 5.99. The van der Waals surface area contributed by atoms with Gasteiger partial charge in [-0.2, -0.15) is 0 Å². The number of hydrogen-bond donors (Lipinski definition) is 2. The monoisotopic (exact) mass is 361 g/mol. The van der Waals surface area contributed by atoms with Gasteiger partial charge in [0.2, 0.25) is 0 Å². The van der Waals surface area contributed by atoms with E-state index in [9.17, 15) is 14.4 Å². The number of carbonyl (C=O) groups excluding carboxylic acids is 1. The molecule has 0 fully saturated rings. The Labute approximate surface area is 151 Å². The predicted molar refractivity (Wildman–Crippen MR) is 96.4 cm³/mol. The van der Waals surface area contributed by atoms with Crippen molar-refractivity contribution < 1.29 is 23.8 Å². The molecule has 0 aliphatic rings. The third-order valence-corrected chi connectivity index (χ3v) is 4.03. The lowest BCUT2D eigenvalue weighted by Crippen LogP contribution is -2.42. The number of aryl methyl sites for hydroxylation is 1. The maximum absolute atomic E-state index is 11.9. The van der Waals surface area contributed by atoms with E-state index in [-0.39, 0.29) is 6.61 Å². The number of hydrogen-bond acceptors (Lipinski definition) is 5. The smallest absolute Gasteiger partial charge is 0.336 e. The van der Waals surface area contributed by atoms with Gasteiger partial charge in [-0.15, -0.1) is 0 Å². The molecule has 0 saturated heterocycles. The minimum Gasteiger partial charge on any atom is -0.484 e. The minimum atomic E-state index is -1.06. The van der Waals surface area contributed by atoms with E-state index in [2.05, 4.69) is 5.32 Å². The van der Waals surface area contributed by atoms with E-state index in [1.54, 1.807) is 18.2 Å². The van der Waals surface area contributed by atoms with E-state index in [1.807, 2.05) is 13.8 Å². The first-order valence-electron chi connectivity index (χ1n) is 8.66. The van der Waals surface area contributed by atoms with Gasteiger partial charge in [-0.05, 0) is 30.5 Å². The summed E-state index contributed by atoms with van der Waals surface area (Å²) in [6, 6.07) is 5.53. The van der Waals surface area contributed by atoms with Crippen LogP contribution >= 0.6 is 0 Å². The molecule has 0 radical (unpaired) electrons. The number of carboxylic acid groups (broad SMARTS) is 1. The van der Waals surface area contributed by atoms with Crippen LogP contribution in [-0.4, -0.2) is 29.6 Å². The Balaban J connectivity index is 2.03. The number of carbonyl (C=O) groups is 2. The summed E-state index contributed by atoms with van der Waals surface area (Å²) in [6.45, 7) is 3.57. The molecule has 7 nitrogen and oxygen atoms in total. The first-order chi connectivity index (χ1) is 12.4. The highest BCUT2D eigenvalue weighted by Crippen LogP contribution is 2.23. The Bertz CT molecular complexity index is 842. The highest BCUT2D eigenvalue weighted by Gasteiger charge is 2.19. The first-order valence-corrected chi connectivity index (χ1v) is 8.66. The number of benzene rings is 1. The maximum Gasteiger partial charge on any atom is 0.336 e. The molecule has 0 aliphatic carbocycles. The molecule has 1 atom stereocenters. The van der Waals surface area contributed by atoms with Gasteiger partial charge in [-0.1, -0.05) is 26.7 Å². The van der Waals surface area contributed by atoms with Crippen LogP contribution in [0.5, 0.6) is 5.75 Å². The molecule has 2 aromatic rings. The van der Waals surface area contributed by atoms with Crippen molar-refractivity contribution in [3.05, 3.63) is 40.2 Å². The fraction of sp³-hybridized carbons (Fsp3) is 0.421. The SMILES string of the molecule is CCCC[C@@H](NC(=O)COc1ccc2c(CC)cc(=O)oc2c1)C(=O)O. The zero-order valence-electron chi connectivity index (χ0n) is 14.9. The molecule has 1 aromatic heterocycles. The molecule has 0 bridgehead atoms. The Morgan fingerprint density at radius 2 is 2.04 bits per heavy atom. The molecule has 2 N–H and O–H groups in total. The van der Waals surface area contributed by atoms with Crippen LogP contribution in [0.25, 0.3) is 11.0 Å². The van der Waals surface area contributed by atoms with Crippen LogP contribution in [0.4, 0.5) is 0 Å². The second-order valence-electron chi connectivity index (χ2n) is 5.99. The zero-order valence-corrected chi connectivity index (χ0v) is 14.9. The Morgan fingerprint density at radius 1 is 1.27 bits per heavy atom. The zero-order chi connectivity index (χ0) is 19.1. The van der Waals surface area contributed by atoms with Gasteiger partial charge < -0.3 is 19.6 Å². The third-order valence-electron chi connectivity index (χ3n) is 4.03. The van der Waals surface area contributed by atoms with E-state index < -0.39 is 23.5 Å². The summed E-state index contributed by atoms with van der Waals surface area (Å²) in [5, 5.41) is 12.4. The third kappa shape index (κ3) is 5.08. The number of nitrogens with one attached hydrogen (secondary N) is 1. The molecule has 26 heavy (non-hydrogen) atoms. The van der Waals surface area contributed by atoms with Gasteiger partial charge in [-0.25, -0.2) is 9.59 Å². The average molecular weight is 361 g/mol. The van der Waals surface area contributed by atoms with E-state index in [0.717, 1.165) is 17.4 Å². The summed E-state index contributed by atoms with van der Waals surface area (Å²) in [6.07, 6.45) is 2.62. The summed E-state index contributed by atoms with van der Waals surface area (Å²) in [5.41, 5.74) is 0.823. The van der Waals surface area contributed by atoms with E-state index in [1.165, 1.54) is 6.07 Å². The van der Waals surface area contributed by atoms with Crippen molar-refractivity contribution in [2.24, 2.45) is 0 Å². The number of ether oxygens (including phenoxy) is 1. The van der Waals surface area contributed by atoms with E-state index in [4.69, 9.17) is 14.3 Å². The molecular formula is C19H23NO6. The van der Waals surface area contributed by atoms with Crippen LogP contribution in [0.15, 0.2) is 33.5 Å². The summed E-state index contributed by atoms with van der Waals surface area (Å²) >= 11 is 0. The van der Waals surface area contributed by atoms with Crippen molar-refractivity contribution >= 4 is 22.8 Å². The average Bonchev–Trinajstić information content (AvgIpc) is 2.62. The van der Waals surface area contributed by atoms with Crippen LogP contribution in [0.1, 0.15) is 38.7 Å². The van der Waals surface area contributed by atoms with Gasteiger partial charge in [0.25, 0.3) is 5.91 Å². The lowest BCUT2D eigenvalue weighted by atomic mass is 10.1. The highest BCUT2D eigenvalue weighted by atomic mass is 16.5. The number of rotatable bonds is 9. The Kier molecular flexibility index (Phi) is 6.77. The number of fused-ring (bicyclic) bond motifs is 1. The van der Waals surface area contributed by atoms with Gasteiger partial charge in [0.15, 0.2) is 6.61 Å². The first kappa shape index (κ1) is 19.5. The summed E-state index contributed by atoms with van der Waals surface area (Å²) in [7, 11) is 0. The topological polar surface area (TPSA) is 106 Å². The normalized spacial score (nSPS) is 11.9. The van der Waals surface area contributed by atoms with Gasteiger partial charge in [0.05, 0.1) is 0 Å². The second kappa shape index (κ2) is 9.03. The summed E-state index contributed by atoms with van der Waals surface area (Å²) in [4.78, 5) is 34.7. The fourth-order valence-electron chi connectivity index (χ4n) is 2.64. The standard InChI is InChI=1S/C19H23NO6/c1-3-5-6-15(19(23)24)20-17(21)11-25-13-7-8-14-12(4-2)9-18(22)26-16(14)10-13/h7-10,15H,3-6,11H2,1-2H3,(H,20,21)(H,23,24)/t15-/m1/s1. The molecule has 0 aliphatic heterocycles. The molecule has 0 spiro atoms. The predicted octanol–water partition coefficient (Wildman–Crippen LogP) is 2.49. The van der Waals surface area contributed by atoms with Crippen molar-refractivity contribution in [2.45, 2.75) is 45.6 Å². The number of unbranched alkanes of at least 4 members (excludes halogenated alkanes) is 1. The van der Waals surface area contributed by atoms with E-state index >= 15 is 0 Å². The van der Waals surface area contributed by atoms with E-state index in [0.29, 0.717) is 30.6 Å². The minimum absolute atomic E-state index is 0.320. The van der Waals surface area contributed by atoms with Gasteiger partial charge in [0.1, 0.15) is 17.4 Å². The van der Waals surface area contributed by atoms with Crippen LogP contribution in [0.3, 0.4) is 0 Å². The van der Waals surface area contributed by atoms with Crippen LogP contribution in [0.2, 0.25) is 0 Å². The van der Waals surface area contributed by atoms with Crippen molar-refractivity contribution in [2.75, 3.05) is 6.61 Å². The van der Waals surface area contributed by atoms with Crippen LogP contribution < -0.4 is 15.7 Å². The molecule has 0 saturated carbocycles. The molecule has 140 valence electrons.